The van der Waals surface area contributed by atoms with Crippen LogP contribution in [0.15, 0.2) is 11.6 Å². The van der Waals surface area contributed by atoms with Crippen molar-refractivity contribution >= 4 is 0 Å². The van der Waals surface area contributed by atoms with E-state index in [4.69, 9.17) is 0 Å². The first-order valence-electron chi connectivity index (χ1n) is 13.7. The minimum atomic E-state index is -1.31. The second-order valence-corrected chi connectivity index (χ2v) is 13.5. The Morgan fingerprint density at radius 1 is 0.970 bits per heavy atom. The van der Waals surface area contributed by atoms with Gasteiger partial charge in [0, 0.05) is 11.8 Å². The highest BCUT2D eigenvalue weighted by Crippen LogP contribution is 2.69. The number of aliphatic hydroxyl groups is 4. The average Bonchev–Trinajstić information content (AvgIpc) is 3.06. The Kier molecular flexibility index (Phi) is 6.69. The lowest BCUT2D eigenvalue weighted by atomic mass is 9.41. The summed E-state index contributed by atoms with van der Waals surface area (Å²) in [5.41, 5.74) is -0.330. The monoisotopic (exact) mass is 462 g/mol. The van der Waals surface area contributed by atoms with Gasteiger partial charge >= 0.3 is 0 Å². The third kappa shape index (κ3) is 3.77. The van der Waals surface area contributed by atoms with Gasteiger partial charge in [-0.05, 0) is 92.3 Å². The molecule has 0 saturated heterocycles. The first-order chi connectivity index (χ1) is 15.3. The summed E-state index contributed by atoms with van der Waals surface area (Å²) in [7, 11) is 0. The molecule has 4 aliphatic rings. The fourth-order valence-corrected chi connectivity index (χ4v) is 9.49. The van der Waals surface area contributed by atoms with Crippen molar-refractivity contribution in [2.75, 3.05) is 0 Å². The van der Waals surface area contributed by atoms with Gasteiger partial charge in [0.25, 0.3) is 0 Å². The van der Waals surface area contributed by atoms with Gasteiger partial charge in [-0.3, -0.25) is 0 Å². The second-order valence-electron chi connectivity index (χ2n) is 13.5. The molecule has 0 bridgehead atoms. The Labute approximate surface area is 201 Å². The topological polar surface area (TPSA) is 80.9 Å². The summed E-state index contributed by atoms with van der Waals surface area (Å²) >= 11 is 0. The normalized spacial score (nSPS) is 52.1. The highest BCUT2D eigenvalue weighted by atomic mass is 16.3. The largest absolute Gasteiger partial charge is 0.393 e. The van der Waals surface area contributed by atoms with E-state index in [1.807, 2.05) is 0 Å². The number of allylic oxidation sites excluding steroid dienone is 2. The summed E-state index contributed by atoms with van der Waals surface area (Å²) in [6.07, 6.45) is 5.80. The predicted molar refractivity (Wildman–Crippen MR) is 132 cm³/mol. The molecular formula is C29H50O4. The van der Waals surface area contributed by atoms with Crippen molar-refractivity contribution in [2.24, 2.45) is 52.3 Å². The van der Waals surface area contributed by atoms with Gasteiger partial charge < -0.3 is 20.4 Å². The molecule has 4 saturated carbocycles. The fraction of sp³-hybridized carbons (Fsp3) is 0.931. The second kappa shape index (κ2) is 8.61. The summed E-state index contributed by atoms with van der Waals surface area (Å²) in [4.78, 5) is 0. The molecule has 0 radical (unpaired) electrons. The van der Waals surface area contributed by atoms with E-state index in [1.54, 1.807) is 0 Å². The average molecular weight is 463 g/mol. The van der Waals surface area contributed by atoms with E-state index in [0.29, 0.717) is 48.9 Å². The summed E-state index contributed by atoms with van der Waals surface area (Å²) in [5.74, 6) is 2.90. The van der Waals surface area contributed by atoms with Crippen molar-refractivity contribution in [1.82, 2.24) is 0 Å². The van der Waals surface area contributed by atoms with Crippen molar-refractivity contribution in [2.45, 2.75) is 117 Å². The lowest BCUT2D eigenvalue weighted by Gasteiger charge is -2.66. The van der Waals surface area contributed by atoms with Crippen molar-refractivity contribution < 1.29 is 20.4 Å². The molecule has 12 atom stereocenters. The zero-order valence-electron chi connectivity index (χ0n) is 22.1. The molecule has 0 amide bonds. The maximum atomic E-state index is 11.7. The summed E-state index contributed by atoms with van der Waals surface area (Å²) in [6.45, 7) is 16.0. The first kappa shape index (κ1) is 25.7. The van der Waals surface area contributed by atoms with Gasteiger partial charge in [-0.25, -0.2) is 0 Å². The standard InChI is InChI=1S/C29H50O4/c1-16(2)19(5)17(3)12-18(4)22-8-9-23-21-13-25(32)29(33)14-20(30)10-11-28(29,7)26(21)24(31)15-27(22,23)6/h12,16,18-26,30-33H,8-11,13-15H2,1-7H3/b17-12+/t18-,19-,20+,21+,22-,23+,24-,25-,26-,27-,28-,29+/m1/s1. The van der Waals surface area contributed by atoms with E-state index >= 15 is 0 Å². The molecule has 0 aromatic heterocycles. The number of aliphatic hydroxyl groups excluding tert-OH is 3. The van der Waals surface area contributed by atoms with Crippen molar-refractivity contribution in [1.29, 1.82) is 0 Å². The highest BCUT2D eigenvalue weighted by molar-refractivity contribution is 5.20. The number of fused-ring (bicyclic) bond motifs is 5. The van der Waals surface area contributed by atoms with Crippen LogP contribution in [0.3, 0.4) is 0 Å². The first-order valence-corrected chi connectivity index (χ1v) is 13.7. The number of hydrogen-bond donors (Lipinski definition) is 4. The molecule has 0 unspecified atom stereocenters. The molecule has 4 N–H and O–H groups in total. The van der Waals surface area contributed by atoms with Crippen LogP contribution in [0, 0.1) is 52.3 Å². The van der Waals surface area contributed by atoms with Gasteiger partial charge in [0.1, 0.15) is 0 Å². The SMILES string of the molecule is C/C(=C\[C@@H](C)[C@H]1CC[C@H]2[C@@H]3C[C@@H](O)[C@@]4(O)C[C@@H](O)CC[C@]4(C)[C@H]3[C@H](O)C[C@]12C)[C@H](C)C(C)C. The molecule has 0 aliphatic heterocycles. The van der Waals surface area contributed by atoms with E-state index in [1.165, 1.54) is 12.0 Å². The van der Waals surface area contributed by atoms with Crippen LogP contribution in [0.2, 0.25) is 0 Å². The van der Waals surface area contributed by atoms with Crippen LogP contribution >= 0.6 is 0 Å². The quantitative estimate of drug-likeness (QED) is 0.446. The van der Waals surface area contributed by atoms with Crippen molar-refractivity contribution in [3.63, 3.8) is 0 Å². The summed E-state index contributed by atoms with van der Waals surface area (Å²) in [5, 5.41) is 44.8. The third-order valence-corrected chi connectivity index (χ3v) is 11.7. The van der Waals surface area contributed by atoms with Crippen LogP contribution in [-0.4, -0.2) is 44.3 Å². The summed E-state index contributed by atoms with van der Waals surface area (Å²) in [6, 6.07) is 0. The highest BCUT2D eigenvalue weighted by Gasteiger charge is 2.69. The Morgan fingerprint density at radius 2 is 1.64 bits per heavy atom. The smallest absolute Gasteiger partial charge is 0.0986 e. The van der Waals surface area contributed by atoms with Crippen LogP contribution in [0.5, 0.6) is 0 Å². The third-order valence-electron chi connectivity index (χ3n) is 11.7. The van der Waals surface area contributed by atoms with Crippen LogP contribution in [-0.2, 0) is 0 Å². The molecule has 33 heavy (non-hydrogen) atoms. The minimum absolute atomic E-state index is 0.0104. The molecule has 4 fully saturated rings. The van der Waals surface area contributed by atoms with E-state index in [-0.39, 0.29) is 23.7 Å². The Morgan fingerprint density at radius 3 is 2.27 bits per heavy atom. The van der Waals surface area contributed by atoms with Gasteiger partial charge in [-0.15, -0.1) is 0 Å². The fourth-order valence-electron chi connectivity index (χ4n) is 9.49. The number of rotatable bonds is 4. The van der Waals surface area contributed by atoms with Crippen LogP contribution in [0.4, 0.5) is 0 Å². The lowest BCUT2D eigenvalue weighted by Crippen LogP contribution is -2.71. The molecule has 0 heterocycles. The van der Waals surface area contributed by atoms with Crippen molar-refractivity contribution in [3.05, 3.63) is 11.6 Å². The molecule has 0 aromatic carbocycles. The van der Waals surface area contributed by atoms with Gasteiger partial charge in [0.05, 0.1) is 23.9 Å². The molecule has 0 aromatic rings. The number of hydrogen-bond acceptors (Lipinski definition) is 4. The molecule has 190 valence electrons. The Hall–Kier alpha value is -0.420. The van der Waals surface area contributed by atoms with E-state index in [0.717, 1.165) is 12.8 Å². The molecule has 4 nitrogen and oxygen atoms in total. The van der Waals surface area contributed by atoms with E-state index in [9.17, 15) is 20.4 Å². The molecule has 4 rings (SSSR count). The lowest BCUT2D eigenvalue weighted by molar-refractivity contribution is -0.282. The van der Waals surface area contributed by atoms with Crippen LogP contribution in [0.1, 0.15) is 93.4 Å². The van der Waals surface area contributed by atoms with Gasteiger partial charge in [-0.1, -0.05) is 53.2 Å². The zero-order chi connectivity index (χ0) is 24.5. The van der Waals surface area contributed by atoms with Gasteiger partial charge in [0.2, 0.25) is 0 Å². The molecular weight excluding hydrogens is 412 g/mol. The summed E-state index contributed by atoms with van der Waals surface area (Å²) < 4.78 is 0. The van der Waals surface area contributed by atoms with E-state index < -0.39 is 29.3 Å². The predicted octanol–water partition coefficient (Wildman–Crippen LogP) is 4.94. The Balaban J connectivity index is 1.63. The molecule has 0 spiro atoms. The van der Waals surface area contributed by atoms with Gasteiger partial charge in [0.15, 0.2) is 0 Å². The maximum Gasteiger partial charge on any atom is 0.0986 e. The van der Waals surface area contributed by atoms with Gasteiger partial charge in [-0.2, -0.15) is 0 Å². The van der Waals surface area contributed by atoms with Crippen LogP contribution < -0.4 is 0 Å². The van der Waals surface area contributed by atoms with E-state index in [2.05, 4.69) is 54.5 Å². The minimum Gasteiger partial charge on any atom is -0.393 e. The Bertz CT molecular complexity index is 763. The van der Waals surface area contributed by atoms with Crippen molar-refractivity contribution in [3.8, 4) is 0 Å². The zero-order valence-corrected chi connectivity index (χ0v) is 22.1. The van der Waals surface area contributed by atoms with Crippen LogP contribution in [0.25, 0.3) is 0 Å². The molecule has 4 heteroatoms. The molecule has 4 aliphatic carbocycles. The maximum absolute atomic E-state index is 11.7.